The monoisotopic (exact) mass is 346 g/mol. The van der Waals surface area contributed by atoms with E-state index in [1.807, 2.05) is 42.7 Å². The molecule has 0 saturated carbocycles. The second-order valence-electron chi connectivity index (χ2n) is 5.08. The standard InChI is InChI=1S/C19H22O2S2/c1-4-16-11-8-12-17(13-18(22-2)23(3)20)19(16)21-14-15-9-6-5-7-10-15/h5-13H,4,14H2,1-3H3. The normalized spacial score (nSPS) is 12.9. The zero-order chi connectivity index (χ0) is 16.7. The van der Waals surface area contributed by atoms with Crippen molar-refractivity contribution < 1.29 is 8.95 Å². The van der Waals surface area contributed by atoms with Gasteiger partial charge in [0, 0.05) is 11.8 Å². The lowest BCUT2D eigenvalue weighted by molar-refractivity contribution is 0.302. The van der Waals surface area contributed by atoms with Crippen LogP contribution in [0.5, 0.6) is 5.75 Å². The van der Waals surface area contributed by atoms with Gasteiger partial charge in [-0.1, -0.05) is 55.5 Å². The zero-order valence-corrected chi connectivity index (χ0v) is 15.4. The molecule has 0 saturated heterocycles. The first-order valence-corrected chi connectivity index (χ1v) is 10.3. The molecule has 0 aliphatic rings. The van der Waals surface area contributed by atoms with E-state index in [1.165, 1.54) is 11.8 Å². The van der Waals surface area contributed by atoms with Gasteiger partial charge >= 0.3 is 0 Å². The van der Waals surface area contributed by atoms with E-state index in [-0.39, 0.29) is 0 Å². The summed E-state index contributed by atoms with van der Waals surface area (Å²) in [7, 11) is -0.992. The third-order valence-electron chi connectivity index (χ3n) is 3.49. The van der Waals surface area contributed by atoms with Crippen molar-refractivity contribution in [3.8, 4) is 5.75 Å². The van der Waals surface area contributed by atoms with Gasteiger partial charge in [-0.15, -0.1) is 11.8 Å². The first-order chi connectivity index (χ1) is 11.2. The number of para-hydroxylation sites is 1. The predicted molar refractivity (Wildman–Crippen MR) is 102 cm³/mol. The summed E-state index contributed by atoms with van der Waals surface area (Å²) in [6.45, 7) is 2.65. The molecule has 2 aromatic carbocycles. The van der Waals surface area contributed by atoms with Crippen LogP contribution in [0.3, 0.4) is 0 Å². The fourth-order valence-electron chi connectivity index (χ4n) is 2.29. The number of hydrogen-bond donors (Lipinski definition) is 0. The van der Waals surface area contributed by atoms with Crippen LogP contribution in [0.15, 0.2) is 52.8 Å². The lowest BCUT2D eigenvalue weighted by atomic mass is 10.1. The van der Waals surface area contributed by atoms with E-state index in [1.54, 1.807) is 6.26 Å². The summed E-state index contributed by atoms with van der Waals surface area (Å²) in [5, 5.41) is 0. The Kier molecular flexibility index (Phi) is 6.93. The lowest BCUT2D eigenvalue weighted by Gasteiger charge is -2.14. The number of benzene rings is 2. The summed E-state index contributed by atoms with van der Waals surface area (Å²) in [5.41, 5.74) is 3.29. The molecular weight excluding hydrogens is 324 g/mol. The largest absolute Gasteiger partial charge is 0.488 e. The molecule has 0 N–H and O–H groups in total. The fraction of sp³-hybridized carbons (Fsp3) is 0.263. The third kappa shape index (κ3) is 4.98. The smallest absolute Gasteiger partial charge is 0.130 e. The average Bonchev–Trinajstić information content (AvgIpc) is 2.58. The quantitative estimate of drug-likeness (QED) is 0.715. The minimum absolute atomic E-state index is 0.530. The average molecular weight is 347 g/mol. The second kappa shape index (κ2) is 8.94. The Labute approximate surface area is 145 Å². The Hall–Kier alpha value is -1.52. The number of aryl methyl sites for hydroxylation is 1. The summed E-state index contributed by atoms with van der Waals surface area (Å²) < 4.78 is 18.8. The molecule has 1 unspecified atom stereocenters. The van der Waals surface area contributed by atoms with Crippen LogP contribution in [0.1, 0.15) is 23.6 Å². The van der Waals surface area contributed by atoms with E-state index in [2.05, 4.69) is 25.1 Å². The number of hydrogen-bond acceptors (Lipinski definition) is 3. The maximum atomic E-state index is 11.8. The van der Waals surface area contributed by atoms with Crippen LogP contribution in [-0.4, -0.2) is 16.7 Å². The first-order valence-electron chi connectivity index (χ1n) is 7.53. The highest BCUT2D eigenvalue weighted by Gasteiger charge is 2.10. The Bertz CT molecular complexity index is 694. The van der Waals surface area contributed by atoms with Crippen LogP contribution in [0, 0.1) is 0 Å². The van der Waals surface area contributed by atoms with Crippen molar-refractivity contribution in [2.75, 3.05) is 12.5 Å². The number of ether oxygens (including phenoxy) is 1. The van der Waals surface area contributed by atoms with Crippen LogP contribution in [0.2, 0.25) is 0 Å². The van der Waals surface area contributed by atoms with Crippen LogP contribution >= 0.6 is 11.8 Å². The summed E-state index contributed by atoms with van der Waals surface area (Å²) in [6, 6.07) is 16.3. The molecule has 0 radical (unpaired) electrons. The second-order valence-corrected chi connectivity index (χ2v) is 7.54. The number of thioether (sulfide) groups is 1. The molecule has 122 valence electrons. The van der Waals surface area contributed by atoms with Crippen LogP contribution in [0.4, 0.5) is 0 Å². The molecule has 23 heavy (non-hydrogen) atoms. The van der Waals surface area contributed by atoms with E-state index in [4.69, 9.17) is 4.74 Å². The van der Waals surface area contributed by atoms with Crippen LogP contribution in [-0.2, 0) is 23.8 Å². The summed E-state index contributed by atoms with van der Waals surface area (Å²) >= 11 is 1.51. The first kappa shape index (κ1) is 17.8. The molecule has 2 rings (SSSR count). The van der Waals surface area contributed by atoms with Crippen molar-refractivity contribution >= 4 is 28.6 Å². The van der Waals surface area contributed by atoms with Gasteiger partial charge in [0.1, 0.15) is 12.4 Å². The number of rotatable bonds is 7. The van der Waals surface area contributed by atoms with E-state index in [9.17, 15) is 4.21 Å². The van der Waals surface area contributed by atoms with Gasteiger partial charge in [0.05, 0.1) is 15.0 Å². The highest BCUT2D eigenvalue weighted by molar-refractivity contribution is 8.16. The fourth-order valence-corrected chi connectivity index (χ4v) is 3.77. The molecule has 0 heterocycles. The summed E-state index contributed by atoms with van der Waals surface area (Å²) in [6.07, 6.45) is 6.52. The molecule has 1 atom stereocenters. The molecule has 2 aromatic rings. The maximum absolute atomic E-state index is 11.8. The van der Waals surface area contributed by atoms with Crippen molar-refractivity contribution in [3.63, 3.8) is 0 Å². The third-order valence-corrected chi connectivity index (χ3v) is 5.90. The van der Waals surface area contributed by atoms with Gasteiger partial charge in [-0.2, -0.15) is 0 Å². The topological polar surface area (TPSA) is 26.3 Å². The van der Waals surface area contributed by atoms with Gasteiger partial charge in [0.2, 0.25) is 0 Å². The summed E-state index contributed by atoms with van der Waals surface area (Å²) in [5.74, 6) is 0.885. The lowest BCUT2D eigenvalue weighted by Crippen LogP contribution is -2.00. The van der Waals surface area contributed by atoms with Crippen molar-refractivity contribution in [2.24, 2.45) is 0 Å². The molecule has 0 bridgehead atoms. The Morgan fingerprint density at radius 2 is 1.91 bits per heavy atom. The van der Waals surface area contributed by atoms with Gasteiger partial charge < -0.3 is 4.74 Å². The molecule has 4 heteroatoms. The molecule has 0 spiro atoms. The Morgan fingerprint density at radius 1 is 1.17 bits per heavy atom. The van der Waals surface area contributed by atoms with Crippen molar-refractivity contribution in [1.82, 2.24) is 0 Å². The van der Waals surface area contributed by atoms with E-state index < -0.39 is 10.8 Å². The van der Waals surface area contributed by atoms with E-state index >= 15 is 0 Å². The molecule has 0 aliphatic carbocycles. The van der Waals surface area contributed by atoms with E-state index in [0.29, 0.717) is 6.61 Å². The molecular formula is C19H22O2S2. The molecule has 0 amide bonds. The highest BCUT2D eigenvalue weighted by Crippen LogP contribution is 2.30. The van der Waals surface area contributed by atoms with Crippen molar-refractivity contribution in [1.29, 1.82) is 0 Å². The SMILES string of the molecule is CCc1cccc(C=C(SC)S(C)=O)c1OCc1ccccc1. The molecule has 0 fully saturated rings. The Balaban J connectivity index is 2.34. The van der Waals surface area contributed by atoms with Crippen molar-refractivity contribution in [3.05, 3.63) is 69.5 Å². The van der Waals surface area contributed by atoms with Crippen LogP contribution < -0.4 is 4.74 Å². The molecule has 2 nitrogen and oxygen atoms in total. The van der Waals surface area contributed by atoms with Crippen LogP contribution in [0.25, 0.3) is 6.08 Å². The van der Waals surface area contributed by atoms with E-state index in [0.717, 1.165) is 33.1 Å². The van der Waals surface area contributed by atoms with Gasteiger partial charge in [-0.05, 0) is 29.9 Å². The molecule has 0 aromatic heterocycles. The van der Waals surface area contributed by atoms with Gasteiger partial charge in [-0.3, -0.25) is 4.21 Å². The van der Waals surface area contributed by atoms with Gasteiger partial charge in [-0.25, -0.2) is 0 Å². The zero-order valence-electron chi connectivity index (χ0n) is 13.7. The van der Waals surface area contributed by atoms with Crippen molar-refractivity contribution in [2.45, 2.75) is 20.0 Å². The predicted octanol–water partition coefficient (Wildman–Crippen LogP) is 4.87. The van der Waals surface area contributed by atoms with Gasteiger partial charge in [0.25, 0.3) is 0 Å². The van der Waals surface area contributed by atoms with Gasteiger partial charge in [0.15, 0.2) is 0 Å². The summed E-state index contributed by atoms with van der Waals surface area (Å²) in [4.78, 5) is 0. The minimum Gasteiger partial charge on any atom is -0.488 e. The highest BCUT2D eigenvalue weighted by atomic mass is 32.2. The molecule has 0 aliphatic heterocycles. The Morgan fingerprint density at radius 3 is 2.52 bits per heavy atom. The minimum atomic E-state index is -0.992. The maximum Gasteiger partial charge on any atom is 0.130 e.